The van der Waals surface area contributed by atoms with E-state index < -0.39 is 0 Å². The zero-order valence-electron chi connectivity index (χ0n) is 15.7. The van der Waals surface area contributed by atoms with Gasteiger partial charge in [0.05, 0.1) is 13.2 Å². The van der Waals surface area contributed by atoms with Crippen molar-refractivity contribution >= 4 is 5.91 Å². The molecule has 4 nitrogen and oxygen atoms in total. The van der Waals surface area contributed by atoms with E-state index >= 15 is 0 Å². The molecule has 0 saturated carbocycles. The molecule has 3 rings (SSSR count). The number of benzene rings is 2. The zero-order chi connectivity index (χ0) is 18.4. The Labute approximate surface area is 156 Å². The van der Waals surface area contributed by atoms with Crippen LogP contribution in [0.5, 0.6) is 5.75 Å². The number of methoxy groups -OCH3 is 1. The second kappa shape index (κ2) is 8.86. The Balaban J connectivity index is 1.69. The number of carbonyl (C=O) groups excluding carboxylic acids is 1. The number of likely N-dealkylation sites (tertiary alicyclic amines) is 1. The molecule has 1 amide bonds. The van der Waals surface area contributed by atoms with Gasteiger partial charge in [-0.05, 0) is 67.7 Å². The van der Waals surface area contributed by atoms with Gasteiger partial charge in [0, 0.05) is 12.1 Å². The van der Waals surface area contributed by atoms with Crippen LogP contribution in [0.4, 0.5) is 0 Å². The predicted octanol–water partition coefficient (Wildman–Crippen LogP) is 3.82. The number of amides is 1. The number of nitrogens with one attached hydrogen (secondary N) is 1. The Morgan fingerprint density at radius 3 is 2.31 bits per heavy atom. The number of hydrogen-bond acceptors (Lipinski definition) is 3. The summed E-state index contributed by atoms with van der Waals surface area (Å²) < 4.78 is 5.15. The van der Waals surface area contributed by atoms with Gasteiger partial charge in [-0.15, -0.1) is 0 Å². The van der Waals surface area contributed by atoms with Crippen molar-refractivity contribution in [3.05, 3.63) is 65.2 Å². The van der Waals surface area contributed by atoms with Crippen molar-refractivity contribution in [1.82, 2.24) is 10.2 Å². The molecule has 0 spiro atoms. The molecule has 1 atom stereocenters. The number of carbonyl (C=O) groups is 1. The number of hydrogen-bond donors (Lipinski definition) is 1. The fourth-order valence-corrected chi connectivity index (χ4v) is 3.52. The maximum absolute atomic E-state index is 12.5. The third kappa shape index (κ3) is 4.44. The van der Waals surface area contributed by atoms with Gasteiger partial charge in [0.2, 0.25) is 0 Å². The Morgan fingerprint density at radius 1 is 1.08 bits per heavy atom. The average Bonchev–Trinajstić information content (AvgIpc) is 3.23. The van der Waals surface area contributed by atoms with Crippen molar-refractivity contribution < 1.29 is 9.53 Å². The third-order valence-corrected chi connectivity index (χ3v) is 5.16. The van der Waals surface area contributed by atoms with Gasteiger partial charge in [-0.25, -0.2) is 0 Å². The number of nitrogens with zero attached hydrogens (tertiary/aromatic N) is 1. The molecular formula is C22H28N2O2. The van der Waals surface area contributed by atoms with Gasteiger partial charge in [0.25, 0.3) is 5.91 Å². The summed E-state index contributed by atoms with van der Waals surface area (Å²) in [6, 6.07) is 16.3. The van der Waals surface area contributed by atoms with E-state index in [1.807, 2.05) is 12.1 Å². The Morgan fingerprint density at radius 2 is 1.73 bits per heavy atom. The van der Waals surface area contributed by atoms with E-state index in [2.05, 4.69) is 41.4 Å². The molecule has 26 heavy (non-hydrogen) atoms. The monoisotopic (exact) mass is 352 g/mol. The van der Waals surface area contributed by atoms with Gasteiger partial charge in [0.15, 0.2) is 0 Å². The zero-order valence-corrected chi connectivity index (χ0v) is 15.7. The molecule has 2 aromatic carbocycles. The first-order chi connectivity index (χ1) is 12.7. The molecule has 1 saturated heterocycles. The minimum atomic E-state index is -0.0398. The summed E-state index contributed by atoms with van der Waals surface area (Å²) in [4.78, 5) is 15.0. The smallest absolute Gasteiger partial charge is 0.251 e. The van der Waals surface area contributed by atoms with Crippen LogP contribution in [0.1, 0.15) is 47.3 Å². The quantitative estimate of drug-likeness (QED) is 0.823. The van der Waals surface area contributed by atoms with Crippen LogP contribution >= 0.6 is 0 Å². The van der Waals surface area contributed by atoms with Crippen LogP contribution in [-0.4, -0.2) is 37.6 Å². The van der Waals surface area contributed by atoms with Crippen LogP contribution in [-0.2, 0) is 6.42 Å². The normalized spacial score (nSPS) is 15.6. The molecule has 1 aliphatic heterocycles. The van der Waals surface area contributed by atoms with Crippen LogP contribution in [0.15, 0.2) is 48.5 Å². The Kier molecular flexibility index (Phi) is 6.29. The molecule has 0 aromatic heterocycles. The summed E-state index contributed by atoms with van der Waals surface area (Å²) in [5, 5.41) is 3.12. The number of aryl methyl sites for hydroxylation is 1. The maximum atomic E-state index is 12.5. The Bertz CT molecular complexity index is 704. The molecule has 138 valence electrons. The van der Waals surface area contributed by atoms with Crippen molar-refractivity contribution in [2.75, 3.05) is 26.7 Å². The average molecular weight is 352 g/mol. The van der Waals surface area contributed by atoms with Crippen molar-refractivity contribution in [2.24, 2.45) is 0 Å². The number of ether oxygens (including phenoxy) is 1. The summed E-state index contributed by atoms with van der Waals surface area (Å²) in [5.74, 6) is 0.717. The van der Waals surface area contributed by atoms with E-state index in [0.29, 0.717) is 12.1 Å². The van der Waals surface area contributed by atoms with Gasteiger partial charge in [-0.1, -0.05) is 31.2 Å². The Hall–Kier alpha value is -2.33. The molecule has 0 bridgehead atoms. The summed E-state index contributed by atoms with van der Waals surface area (Å²) in [6.07, 6.45) is 3.51. The molecule has 1 heterocycles. The van der Waals surface area contributed by atoms with Gasteiger partial charge < -0.3 is 10.1 Å². The first-order valence-electron chi connectivity index (χ1n) is 9.46. The minimum absolute atomic E-state index is 0.0398. The van der Waals surface area contributed by atoms with Crippen molar-refractivity contribution in [3.63, 3.8) is 0 Å². The molecule has 1 fully saturated rings. The molecule has 0 aliphatic carbocycles. The molecule has 1 N–H and O–H groups in total. The SMILES string of the molecule is CCc1ccc([C@H](CNC(=O)c2ccc(OC)cc2)N2CCCC2)cc1. The van der Waals surface area contributed by atoms with Crippen molar-refractivity contribution in [3.8, 4) is 5.75 Å². The lowest BCUT2D eigenvalue weighted by molar-refractivity contribution is 0.0938. The third-order valence-electron chi connectivity index (χ3n) is 5.16. The van der Waals surface area contributed by atoms with Gasteiger partial charge in [-0.3, -0.25) is 9.69 Å². The molecule has 4 heteroatoms. The topological polar surface area (TPSA) is 41.6 Å². The van der Waals surface area contributed by atoms with Crippen LogP contribution < -0.4 is 10.1 Å². The summed E-state index contributed by atoms with van der Waals surface area (Å²) in [7, 11) is 1.62. The summed E-state index contributed by atoms with van der Waals surface area (Å²) in [5.41, 5.74) is 3.28. The highest BCUT2D eigenvalue weighted by Gasteiger charge is 2.24. The van der Waals surface area contributed by atoms with E-state index in [0.717, 1.165) is 25.3 Å². The lowest BCUT2D eigenvalue weighted by Gasteiger charge is -2.28. The fourth-order valence-electron chi connectivity index (χ4n) is 3.52. The van der Waals surface area contributed by atoms with E-state index in [4.69, 9.17) is 4.74 Å². The lowest BCUT2D eigenvalue weighted by Crippen LogP contribution is -2.36. The minimum Gasteiger partial charge on any atom is -0.497 e. The largest absolute Gasteiger partial charge is 0.497 e. The van der Waals surface area contributed by atoms with Crippen LogP contribution in [0.25, 0.3) is 0 Å². The maximum Gasteiger partial charge on any atom is 0.251 e. The standard InChI is InChI=1S/C22H28N2O2/c1-3-17-6-8-18(9-7-17)21(24-14-4-5-15-24)16-23-22(25)19-10-12-20(26-2)13-11-19/h6-13,21H,3-5,14-16H2,1-2H3,(H,23,25)/t21-/m0/s1. The predicted molar refractivity (Wildman–Crippen MR) is 105 cm³/mol. The van der Waals surface area contributed by atoms with Crippen LogP contribution in [0.3, 0.4) is 0 Å². The van der Waals surface area contributed by atoms with Crippen molar-refractivity contribution in [1.29, 1.82) is 0 Å². The van der Waals surface area contributed by atoms with Gasteiger partial charge >= 0.3 is 0 Å². The van der Waals surface area contributed by atoms with E-state index in [1.165, 1.54) is 24.0 Å². The second-order valence-electron chi connectivity index (χ2n) is 6.79. The van der Waals surface area contributed by atoms with Crippen LogP contribution in [0, 0.1) is 0 Å². The van der Waals surface area contributed by atoms with Gasteiger partial charge in [0.1, 0.15) is 5.75 Å². The molecule has 0 unspecified atom stereocenters. The summed E-state index contributed by atoms with van der Waals surface area (Å²) in [6.45, 7) is 4.98. The lowest BCUT2D eigenvalue weighted by atomic mass is 10.0. The van der Waals surface area contributed by atoms with Crippen molar-refractivity contribution in [2.45, 2.75) is 32.2 Å². The van der Waals surface area contributed by atoms with Crippen LogP contribution in [0.2, 0.25) is 0 Å². The van der Waals surface area contributed by atoms with E-state index in [9.17, 15) is 4.79 Å². The molecule has 1 aliphatic rings. The highest BCUT2D eigenvalue weighted by molar-refractivity contribution is 5.94. The number of rotatable bonds is 7. The highest BCUT2D eigenvalue weighted by Crippen LogP contribution is 2.25. The summed E-state index contributed by atoms with van der Waals surface area (Å²) >= 11 is 0. The van der Waals surface area contributed by atoms with Gasteiger partial charge in [-0.2, -0.15) is 0 Å². The first kappa shape index (κ1) is 18.5. The molecule has 0 radical (unpaired) electrons. The molecule has 2 aromatic rings. The highest BCUT2D eigenvalue weighted by atomic mass is 16.5. The molecular weight excluding hydrogens is 324 g/mol. The second-order valence-corrected chi connectivity index (χ2v) is 6.79. The van der Waals surface area contributed by atoms with E-state index in [-0.39, 0.29) is 11.9 Å². The first-order valence-corrected chi connectivity index (χ1v) is 9.46. The van der Waals surface area contributed by atoms with E-state index in [1.54, 1.807) is 19.2 Å². The fraction of sp³-hybridized carbons (Fsp3) is 0.409.